The molecular formula is C15H19NO3. The van der Waals surface area contributed by atoms with Gasteiger partial charge in [0.1, 0.15) is 0 Å². The molecule has 2 rings (SSSR count). The summed E-state index contributed by atoms with van der Waals surface area (Å²) in [6.45, 7) is 1.06. The van der Waals surface area contributed by atoms with Crippen molar-refractivity contribution in [2.24, 2.45) is 5.92 Å². The number of hydrogen-bond acceptors (Lipinski definition) is 2. The highest BCUT2D eigenvalue weighted by atomic mass is 16.4. The summed E-state index contributed by atoms with van der Waals surface area (Å²) in [5.74, 6) is -1.12. The number of aryl methyl sites for hydroxylation is 1. The third kappa shape index (κ3) is 3.81. The van der Waals surface area contributed by atoms with Crippen molar-refractivity contribution in [2.75, 3.05) is 13.1 Å². The lowest BCUT2D eigenvalue weighted by Crippen LogP contribution is -2.42. The Bertz CT molecular complexity index is 444. The van der Waals surface area contributed by atoms with Gasteiger partial charge in [-0.05, 0) is 24.8 Å². The molecule has 0 radical (unpaired) electrons. The summed E-state index contributed by atoms with van der Waals surface area (Å²) < 4.78 is 0. The van der Waals surface area contributed by atoms with Crippen LogP contribution in [0.2, 0.25) is 0 Å². The van der Waals surface area contributed by atoms with E-state index in [1.807, 2.05) is 30.3 Å². The first-order valence-electron chi connectivity index (χ1n) is 6.71. The van der Waals surface area contributed by atoms with E-state index in [0.717, 1.165) is 12.0 Å². The van der Waals surface area contributed by atoms with Crippen molar-refractivity contribution in [2.45, 2.75) is 25.7 Å². The molecule has 1 aliphatic heterocycles. The van der Waals surface area contributed by atoms with Gasteiger partial charge in [0.15, 0.2) is 0 Å². The standard InChI is InChI=1S/C15H19NO3/c17-14(9-8-12-5-2-1-3-6-12)16-10-4-7-13(11-16)15(18)19/h1-3,5-6,13H,4,7-11H2,(H,18,19). The molecule has 0 aliphatic carbocycles. The van der Waals surface area contributed by atoms with E-state index in [4.69, 9.17) is 5.11 Å². The zero-order chi connectivity index (χ0) is 13.7. The molecule has 0 aromatic heterocycles. The molecule has 1 atom stereocenters. The van der Waals surface area contributed by atoms with E-state index in [1.54, 1.807) is 4.90 Å². The Balaban J connectivity index is 1.84. The lowest BCUT2D eigenvalue weighted by molar-refractivity contribution is -0.145. The summed E-state index contributed by atoms with van der Waals surface area (Å²) in [4.78, 5) is 24.7. The van der Waals surface area contributed by atoms with Gasteiger partial charge in [-0.1, -0.05) is 30.3 Å². The van der Waals surface area contributed by atoms with E-state index in [0.29, 0.717) is 32.4 Å². The molecule has 1 aromatic rings. The van der Waals surface area contributed by atoms with Crippen LogP contribution < -0.4 is 0 Å². The number of hydrogen-bond donors (Lipinski definition) is 1. The van der Waals surface area contributed by atoms with Crippen molar-refractivity contribution in [1.29, 1.82) is 0 Å². The predicted molar refractivity (Wildman–Crippen MR) is 71.7 cm³/mol. The molecule has 4 nitrogen and oxygen atoms in total. The van der Waals surface area contributed by atoms with Crippen LogP contribution in [0.5, 0.6) is 0 Å². The van der Waals surface area contributed by atoms with Crippen LogP contribution in [-0.4, -0.2) is 35.0 Å². The van der Waals surface area contributed by atoms with Gasteiger partial charge < -0.3 is 10.0 Å². The summed E-state index contributed by atoms with van der Waals surface area (Å²) in [5.41, 5.74) is 1.14. The molecule has 4 heteroatoms. The van der Waals surface area contributed by atoms with Gasteiger partial charge in [-0.25, -0.2) is 0 Å². The highest BCUT2D eigenvalue weighted by Crippen LogP contribution is 2.17. The Labute approximate surface area is 113 Å². The van der Waals surface area contributed by atoms with E-state index in [9.17, 15) is 9.59 Å². The monoisotopic (exact) mass is 261 g/mol. The largest absolute Gasteiger partial charge is 0.481 e. The Hall–Kier alpha value is -1.84. The van der Waals surface area contributed by atoms with Gasteiger partial charge in [-0.2, -0.15) is 0 Å². The minimum atomic E-state index is -0.791. The molecule has 1 N–H and O–H groups in total. The second-order valence-electron chi connectivity index (χ2n) is 5.00. The summed E-state index contributed by atoms with van der Waals surface area (Å²) in [6, 6.07) is 9.88. The van der Waals surface area contributed by atoms with Crippen LogP contribution in [0.25, 0.3) is 0 Å². The third-order valence-electron chi connectivity index (χ3n) is 3.59. The lowest BCUT2D eigenvalue weighted by Gasteiger charge is -2.30. The van der Waals surface area contributed by atoms with Crippen LogP contribution in [0.15, 0.2) is 30.3 Å². The van der Waals surface area contributed by atoms with Gasteiger partial charge in [-0.3, -0.25) is 9.59 Å². The third-order valence-corrected chi connectivity index (χ3v) is 3.59. The Morgan fingerprint density at radius 2 is 2.00 bits per heavy atom. The zero-order valence-electron chi connectivity index (χ0n) is 10.9. The highest BCUT2D eigenvalue weighted by Gasteiger charge is 2.27. The van der Waals surface area contributed by atoms with Gasteiger partial charge in [0.2, 0.25) is 5.91 Å². The van der Waals surface area contributed by atoms with Crippen LogP contribution >= 0.6 is 0 Å². The number of carbonyl (C=O) groups is 2. The summed E-state index contributed by atoms with van der Waals surface area (Å²) in [5, 5.41) is 9.01. The molecule has 19 heavy (non-hydrogen) atoms. The van der Waals surface area contributed by atoms with Crippen molar-refractivity contribution in [3.63, 3.8) is 0 Å². The molecule has 1 heterocycles. The van der Waals surface area contributed by atoms with Gasteiger partial charge in [-0.15, -0.1) is 0 Å². The molecule has 0 saturated carbocycles. The molecule has 0 spiro atoms. The maximum atomic E-state index is 12.1. The Morgan fingerprint density at radius 1 is 1.26 bits per heavy atom. The zero-order valence-corrected chi connectivity index (χ0v) is 10.9. The maximum absolute atomic E-state index is 12.1. The first-order valence-corrected chi connectivity index (χ1v) is 6.71. The number of carbonyl (C=O) groups excluding carboxylic acids is 1. The van der Waals surface area contributed by atoms with Crippen molar-refractivity contribution in [3.8, 4) is 0 Å². The number of carboxylic acid groups (broad SMARTS) is 1. The average Bonchev–Trinajstić information content (AvgIpc) is 2.46. The number of likely N-dealkylation sites (tertiary alicyclic amines) is 1. The Morgan fingerprint density at radius 3 is 2.68 bits per heavy atom. The van der Waals surface area contributed by atoms with Gasteiger partial charge in [0, 0.05) is 19.5 Å². The molecule has 1 amide bonds. The number of nitrogens with zero attached hydrogens (tertiary/aromatic N) is 1. The molecular weight excluding hydrogens is 242 g/mol. The number of carboxylic acids is 1. The van der Waals surface area contributed by atoms with Crippen molar-refractivity contribution in [1.82, 2.24) is 4.90 Å². The Kier molecular flexibility index (Phi) is 4.55. The molecule has 102 valence electrons. The minimum absolute atomic E-state index is 0.0646. The van der Waals surface area contributed by atoms with Crippen molar-refractivity contribution < 1.29 is 14.7 Å². The second kappa shape index (κ2) is 6.36. The van der Waals surface area contributed by atoms with E-state index in [-0.39, 0.29) is 5.91 Å². The molecule has 1 saturated heterocycles. The first-order chi connectivity index (χ1) is 9.16. The molecule has 0 bridgehead atoms. The quantitative estimate of drug-likeness (QED) is 0.901. The number of rotatable bonds is 4. The summed E-state index contributed by atoms with van der Waals surface area (Å²) in [6.07, 6.45) is 2.64. The van der Waals surface area contributed by atoms with Gasteiger partial charge >= 0.3 is 5.97 Å². The van der Waals surface area contributed by atoms with E-state index >= 15 is 0 Å². The topological polar surface area (TPSA) is 57.6 Å². The van der Waals surface area contributed by atoms with E-state index in [1.165, 1.54) is 0 Å². The predicted octanol–water partition coefficient (Wildman–Crippen LogP) is 1.94. The molecule has 1 unspecified atom stereocenters. The maximum Gasteiger partial charge on any atom is 0.308 e. The fraction of sp³-hybridized carbons (Fsp3) is 0.467. The van der Waals surface area contributed by atoms with Crippen LogP contribution in [0.4, 0.5) is 0 Å². The van der Waals surface area contributed by atoms with Crippen LogP contribution in [0.1, 0.15) is 24.8 Å². The van der Waals surface area contributed by atoms with Crippen LogP contribution in [0, 0.1) is 5.92 Å². The highest BCUT2D eigenvalue weighted by molar-refractivity contribution is 5.78. The van der Waals surface area contributed by atoms with Crippen molar-refractivity contribution in [3.05, 3.63) is 35.9 Å². The number of aliphatic carboxylic acids is 1. The minimum Gasteiger partial charge on any atom is -0.481 e. The molecule has 1 aliphatic rings. The first kappa shape index (κ1) is 13.6. The molecule has 1 aromatic carbocycles. The lowest BCUT2D eigenvalue weighted by atomic mass is 9.97. The van der Waals surface area contributed by atoms with Crippen LogP contribution in [-0.2, 0) is 16.0 Å². The number of benzene rings is 1. The molecule has 1 fully saturated rings. The fourth-order valence-corrected chi connectivity index (χ4v) is 2.46. The van der Waals surface area contributed by atoms with Crippen molar-refractivity contribution >= 4 is 11.9 Å². The number of amides is 1. The average molecular weight is 261 g/mol. The smallest absolute Gasteiger partial charge is 0.308 e. The normalized spacial score (nSPS) is 19.2. The second-order valence-corrected chi connectivity index (χ2v) is 5.00. The fourth-order valence-electron chi connectivity index (χ4n) is 2.46. The summed E-state index contributed by atoms with van der Waals surface area (Å²) >= 11 is 0. The van der Waals surface area contributed by atoms with Gasteiger partial charge in [0.05, 0.1) is 5.92 Å². The van der Waals surface area contributed by atoms with Crippen LogP contribution in [0.3, 0.4) is 0 Å². The SMILES string of the molecule is O=C(O)C1CCCN(C(=O)CCc2ccccc2)C1. The van der Waals surface area contributed by atoms with E-state index < -0.39 is 11.9 Å². The summed E-state index contributed by atoms with van der Waals surface area (Å²) in [7, 11) is 0. The van der Waals surface area contributed by atoms with E-state index in [2.05, 4.69) is 0 Å². The van der Waals surface area contributed by atoms with Gasteiger partial charge in [0.25, 0.3) is 0 Å². The number of piperidine rings is 1.